The highest BCUT2D eigenvalue weighted by Crippen LogP contribution is 2.04. The highest BCUT2D eigenvalue weighted by Gasteiger charge is 1.96. The molecule has 1 heteroatoms. The molecule has 0 amide bonds. The number of unbranched alkanes of at least 4 members (excludes halogenated alkanes) is 2. The minimum atomic E-state index is 0.427. The second kappa shape index (κ2) is 6.09. The molecular weight excluding hydrogens is 112 g/mol. The molecule has 0 heterocycles. The van der Waals surface area contributed by atoms with E-state index in [-0.39, 0.29) is 0 Å². The number of ether oxygens (including phenoxy) is 1. The zero-order valence-corrected chi connectivity index (χ0v) is 6.52. The van der Waals surface area contributed by atoms with E-state index in [1.165, 1.54) is 19.3 Å². The molecule has 0 aliphatic heterocycles. The van der Waals surface area contributed by atoms with Crippen LogP contribution >= 0.6 is 0 Å². The summed E-state index contributed by atoms with van der Waals surface area (Å²) < 4.78 is 5.08. The van der Waals surface area contributed by atoms with Gasteiger partial charge in [-0.25, -0.2) is 0 Å². The first-order valence-corrected chi connectivity index (χ1v) is 3.63. The third-order valence-electron chi connectivity index (χ3n) is 1.51. The molecule has 0 N–H and O–H groups in total. The molecule has 9 heavy (non-hydrogen) atoms. The van der Waals surface area contributed by atoms with E-state index in [0.29, 0.717) is 6.10 Å². The molecule has 1 atom stereocenters. The Labute approximate surface area is 58.4 Å². The second-order valence-corrected chi connectivity index (χ2v) is 2.40. The van der Waals surface area contributed by atoms with Gasteiger partial charge in [0, 0.05) is 7.11 Å². The number of methoxy groups -OCH3 is 1. The van der Waals surface area contributed by atoms with Crippen LogP contribution in [0.5, 0.6) is 0 Å². The Balaban J connectivity index is 2.88. The summed E-state index contributed by atoms with van der Waals surface area (Å²) in [6, 6.07) is 0. The molecule has 0 bridgehead atoms. The summed E-state index contributed by atoms with van der Waals surface area (Å²) in [5.74, 6) is 0. The van der Waals surface area contributed by atoms with Crippen LogP contribution in [0.2, 0.25) is 0 Å². The Morgan fingerprint density at radius 1 is 1.44 bits per heavy atom. The molecule has 55 valence electrons. The highest BCUT2D eigenvalue weighted by molar-refractivity contribution is 4.50. The van der Waals surface area contributed by atoms with Gasteiger partial charge in [-0.15, -0.1) is 0 Å². The van der Waals surface area contributed by atoms with Crippen molar-refractivity contribution in [2.24, 2.45) is 0 Å². The molecule has 0 aromatic carbocycles. The zero-order valence-electron chi connectivity index (χ0n) is 6.52. The zero-order chi connectivity index (χ0) is 7.11. The fourth-order valence-corrected chi connectivity index (χ4v) is 0.726. The first-order chi connectivity index (χ1) is 4.31. The van der Waals surface area contributed by atoms with Crippen molar-refractivity contribution >= 4 is 0 Å². The largest absolute Gasteiger partial charge is 0.382 e. The van der Waals surface area contributed by atoms with Crippen LogP contribution in [0.25, 0.3) is 0 Å². The molecule has 0 saturated carbocycles. The predicted molar refractivity (Wildman–Crippen MR) is 40.3 cm³/mol. The lowest BCUT2D eigenvalue weighted by Gasteiger charge is -2.06. The molecule has 0 spiro atoms. The van der Waals surface area contributed by atoms with Crippen molar-refractivity contribution < 1.29 is 4.74 Å². The van der Waals surface area contributed by atoms with Crippen molar-refractivity contribution in [1.29, 1.82) is 0 Å². The number of hydrogen-bond acceptors (Lipinski definition) is 1. The number of hydrogen-bond donors (Lipinski definition) is 0. The topological polar surface area (TPSA) is 9.23 Å². The standard InChI is InChI=1S/C8H17O/c1-4-5-6-7-8(2)9-3/h8H,1,4-7H2,2-3H3. The SMILES string of the molecule is [CH2]CCCCC(C)OC. The van der Waals surface area contributed by atoms with Crippen LogP contribution in [0.15, 0.2) is 0 Å². The number of rotatable bonds is 5. The third kappa shape index (κ3) is 5.84. The molecule has 0 saturated heterocycles. The first kappa shape index (κ1) is 8.96. The van der Waals surface area contributed by atoms with Gasteiger partial charge in [0.2, 0.25) is 0 Å². The smallest absolute Gasteiger partial charge is 0.0543 e. The molecule has 0 aliphatic rings. The lowest BCUT2D eigenvalue weighted by atomic mass is 10.1. The van der Waals surface area contributed by atoms with Gasteiger partial charge in [0.25, 0.3) is 0 Å². The van der Waals surface area contributed by atoms with Crippen LogP contribution in [0.4, 0.5) is 0 Å². The minimum Gasteiger partial charge on any atom is -0.382 e. The van der Waals surface area contributed by atoms with Gasteiger partial charge in [-0.3, -0.25) is 0 Å². The van der Waals surface area contributed by atoms with Crippen molar-refractivity contribution in [1.82, 2.24) is 0 Å². The third-order valence-corrected chi connectivity index (χ3v) is 1.51. The second-order valence-electron chi connectivity index (χ2n) is 2.40. The van der Waals surface area contributed by atoms with E-state index in [1.54, 1.807) is 7.11 Å². The fraction of sp³-hybridized carbons (Fsp3) is 0.875. The molecule has 1 unspecified atom stereocenters. The fourth-order valence-electron chi connectivity index (χ4n) is 0.726. The van der Waals surface area contributed by atoms with E-state index in [4.69, 9.17) is 4.74 Å². The molecule has 0 aromatic heterocycles. The summed E-state index contributed by atoms with van der Waals surface area (Å²) in [5.41, 5.74) is 0. The molecule has 0 fully saturated rings. The molecule has 0 rings (SSSR count). The maximum absolute atomic E-state index is 5.08. The molecule has 0 aliphatic carbocycles. The summed E-state index contributed by atoms with van der Waals surface area (Å²) >= 11 is 0. The van der Waals surface area contributed by atoms with Gasteiger partial charge >= 0.3 is 0 Å². The van der Waals surface area contributed by atoms with Crippen LogP contribution in [-0.4, -0.2) is 13.2 Å². The van der Waals surface area contributed by atoms with Gasteiger partial charge in [-0.1, -0.05) is 26.2 Å². The van der Waals surface area contributed by atoms with Crippen LogP contribution in [-0.2, 0) is 4.74 Å². The van der Waals surface area contributed by atoms with Gasteiger partial charge in [-0.05, 0) is 13.3 Å². The first-order valence-electron chi connectivity index (χ1n) is 3.63. The van der Waals surface area contributed by atoms with E-state index in [1.807, 2.05) is 0 Å². The molecule has 1 nitrogen and oxygen atoms in total. The summed E-state index contributed by atoms with van der Waals surface area (Å²) in [6.07, 6.45) is 5.13. The Hall–Kier alpha value is -0.0400. The average Bonchev–Trinajstić information content (AvgIpc) is 1.89. The van der Waals surface area contributed by atoms with E-state index in [0.717, 1.165) is 6.42 Å². The lowest BCUT2D eigenvalue weighted by molar-refractivity contribution is 0.108. The summed E-state index contributed by atoms with van der Waals surface area (Å²) in [6.45, 7) is 5.87. The molecule has 0 aromatic rings. The summed E-state index contributed by atoms with van der Waals surface area (Å²) in [4.78, 5) is 0. The van der Waals surface area contributed by atoms with Gasteiger partial charge in [-0.2, -0.15) is 0 Å². The quantitative estimate of drug-likeness (QED) is 0.518. The van der Waals surface area contributed by atoms with Crippen molar-refractivity contribution in [3.05, 3.63) is 6.92 Å². The van der Waals surface area contributed by atoms with Crippen molar-refractivity contribution in [2.45, 2.75) is 38.7 Å². The van der Waals surface area contributed by atoms with Crippen LogP contribution in [0, 0.1) is 6.92 Å². The van der Waals surface area contributed by atoms with E-state index >= 15 is 0 Å². The van der Waals surface area contributed by atoms with E-state index in [2.05, 4.69) is 13.8 Å². The maximum Gasteiger partial charge on any atom is 0.0543 e. The Bertz CT molecular complexity index is 52.5. The lowest BCUT2D eigenvalue weighted by Crippen LogP contribution is -2.03. The van der Waals surface area contributed by atoms with Crippen LogP contribution < -0.4 is 0 Å². The van der Waals surface area contributed by atoms with Gasteiger partial charge in [0.1, 0.15) is 0 Å². The Morgan fingerprint density at radius 2 is 2.11 bits per heavy atom. The van der Waals surface area contributed by atoms with Crippen molar-refractivity contribution in [3.63, 3.8) is 0 Å². The van der Waals surface area contributed by atoms with Gasteiger partial charge in [0.15, 0.2) is 0 Å². The normalized spacial score (nSPS) is 13.7. The van der Waals surface area contributed by atoms with E-state index in [9.17, 15) is 0 Å². The van der Waals surface area contributed by atoms with Crippen LogP contribution in [0.1, 0.15) is 32.6 Å². The van der Waals surface area contributed by atoms with Crippen molar-refractivity contribution in [2.75, 3.05) is 7.11 Å². The Kier molecular flexibility index (Phi) is 6.06. The van der Waals surface area contributed by atoms with Gasteiger partial charge in [0.05, 0.1) is 6.10 Å². The summed E-state index contributed by atoms with van der Waals surface area (Å²) in [5, 5.41) is 0. The molecular formula is C8H17O. The maximum atomic E-state index is 5.08. The minimum absolute atomic E-state index is 0.427. The Morgan fingerprint density at radius 3 is 2.56 bits per heavy atom. The average molecular weight is 129 g/mol. The predicted octanol–water partition coefficient (Wildman–Crippen LogP) is 2.42. The molecule has 1 radical (unpaired) electrons. The summed E-state index contributed by atoms with van der Waals surface area (Å²) in [7, 11) is 1.76. The van der Waals surface area contributed by atoms with Crippen molar-refractivity contribution in [3.8, 4) is 0 Å². The van der Waals surface area contributed by atoms with E-state index < -0.39 is 0 Å². The highest BCUT2D eigenvalue weighted by atomic mass is 16.5. The van der Waals surface area contributed by atoms with Gasteiger partial charge < -0.3 is 4.74 Å². The monoisotopic (exact) mass is 129 g/mol. The van der Waals surface area contributed by atoms with Crippen LogP contribution in [0.3, 0.4) is 0 Å².